The van der Waals surface area contributed by atoms with Crippen molar-refractivity contribution in [3.8, 4) is 5.75 Å². The largest absolute Gasteiger partial charge is 0.494 e. The fraction of sp³-hybridized carbons (Fsp3) is 0.154. The van der Waals surface area contributed by atoms with Crippen LogP contribution in [0.4, 0.5) is 28.4 Å². The zero-order valence-electron chi connectivity index (χ0n) is 23.5. The summed E-state index contributed by atoms with van der Waals surface area (Å²) in [4.78, 5) is -0.475. The van der Waals surface area contributed by atoms with Crippen molar-refractivity contribution < 1.29 is 43.6 Å². The third-order valence-electron chi connectivity index (χ3n) is 6.09. The third-order valence-corrected chi connectivity index (χ3v) is 10.2. The molecule has 0 aliphatic heterocycles. The molecule has 0 aliphatic rings. The first-order valence-electron chi connectivity index (χ1n) is 12.7. The van der Waals surface area contributed by atoms with Crippen LogP contribution in [-0.4, -0.2) is 57.5 Å². The van der Waals surface area contributed by atoms with Crippen LogP contribution in [0.1, 0.15) is 6.42 Å². The smallest absolute Gasteiger partial charge is 0.296 e. The second kappa shape index (κ2) is 14.0. The lowest BCUT2D eigenvalue weighted by Crippen LogP contribution is -2.04. The highest BCUT2D eigenvalue weighted by molar-refractivity contribution is 7.99. The molecular formula is C26H24ClN5O10S4. The number of benzene rings is 4. The molecule has 0 spiro atoms. The molecule has 46 heavy (non-hydrogen) atoms. The van der Waals surface area contributed by atoms with Gasteiger partial charge in [0.2, 0.25) is 0 Å². The normalized spacial score (nSPS) is 12.8. The van der Waals surface area contributed by atoms with Gasteiger partial charge in [0.05, 0.1) is 34.2 Å². The molecule has 0 aromatic heterocycles. The molecule has 0 saturated carbocycles. The second-order valence-electron chi connectivity index (χ2n) is 9.33. The molecule has 0 aliphatic carbocycles. The van der Waals surface area contributed by atoms with Crippen molar-refractivity contribution in [3.05, 3.63) is 65.7 Å². The Morgan fingerprint density at radius 3 is 2.13 bits per heavy atom. The number of nitrogens with two attached hydrogens (primary N) is 1. The maximum Gasteiger partial charge on any atom is 0.296 e. The van der Waals surface area contributed by atoms with Gasteiger partial charge in [-0.2, -0.15) is 30.4 Å². The third kappa shape index (κ3) is 8.97. The molecule has 0 saturated heterocycles. The maximum absolute atomic E-state index is 11.6. The van der Waals surface area contributed by atoms with Gasteiger partial charge in [-0.25, -0.2) is 0 Å². The van der Waals surface area contributed by atoms with Gasteiger partial charge in [-0.05, 0) is 60.7 Å². The average Bonchev–Trinajstić information content (AvgIpc) is 2.97. The van der Waals surface area contributed by atoms with Gasteiger partial charge in [-0.3, -0.25) is 13.7 Å². The summed E-state index contributed by atoms with van der Waals surface area (Å²) in [5, 5.41) is 17.3. The molecule has 4 aromatic carbocycles. The van der Waals surface area contributed by atoms with Crippen LogP contribution in [0.15, 0.2) is 95.8 Å². The van der Waals surface area contributed by atoms with Crippen LogP contribution < -0.4 is 10.5 Å². The van der Waals surface area contributed by atoms with Gasteiger partial charge < -0.3 is 10.5 Å². The Hall–Kier alpha value is -3.69. The monoisotopic (exact) mass is 729 g/mol. The van der Waals surface area contributed by atoms with E-state index in [0.29, 0.717) is 21.4 Å². The molecule has 5 N–H and O–H groups in total. The summed E-state index contributed by atoms with van der Waals surface area (Å²) in [6, 6.07) is 13.5. The van der Waals surface area contributed by atoms with Crippen LogP contribution in [0.25, 0.3) is 10.8 Å². The molecule has 0 unspecified atom stereocenters. The molecule has 0 heterocycles. The Labute approximate surface area is 272 Å². The molecule has 0 radical (unpaired) electrons. The predicted molar refractivity (Wildman–Crippen MR) is 173 cm³/mol. The number of azo groups is 2. The maximum atomic E-state index is 11.6. The van der Waals surface area contributed by atoms with Crippen molar-refractivity contribution in [2.45, 2.75) is 21.1 Å². The van der Waals surface area contributed by atoms with Crippen molar-refractivity contribution in [3.63, 3.8) is 0 Å². The van der Waals surface area contributed by atoms with E-state index in [1.54, 1.807) is 6.07 Å². The molecule has 20 heteroatoms. The zero-order valence-corrected chi connectivity index (χ0v) is 27.5. The molecule has 0 amide bonds. The van der Waals surface area contributed by atoms with Gasteiger partial charge in [0.25, 0.3) is 30.4 Å². The first-order chi connectivity index (χ1) is 21.5. The second-order valence-corrected chi connectivity index (χ2v) is 15.3. The van der Waals surface area contributed by atoms with E-state index in [0.717, 1.165) is 6.07 Å². The zero-order chi connectivity index (χ0) is 33.9. The summed E-state index contributed by atoms with van der Waals surface area (Å²) in [6.07, 6.45) is 0.0881. The predicted octanol–water partition coefficient (Wildman–Crippen LogP) is 6.78. The number of rotatable bonds is 12. The Balaban J connectivity index is 1.76. The van der Waals surface area contributed by atoms with E-state index in [4.69, 9.17) is 26.6 Å². The van der Waals surface area contributed by atoms with E-state index < -0.39 is 41.0 Å². The number of fused-ring (bicyclic) bond motifs is 1. The van der Waals surface area contributed by atoms with Crippen molar-refractivity contribution in [1.82, 2.24) is 0 Å². The molecule has 4 aromatic rings. The minimum absolute atomic E-state index is 0.0394. The summed E-state index contributed by atoms with van der Waals surface area (Å²) in [6.45, 7) is 0. The molecular weight excluding hydrogens is 706 g/mol. The SMILES string of the molecule is COc1cc(N=Nc2ccc(N)c3cc(S(=O)(=O)O)ccc23)c(SCCCS(=O)(=O)O)cc1N=Nc1ccc(Cl)c(S(=O)(=O)O)c1. The summed E-state index contributed by atoms with van der Waals surface area (Å²) in [5.41, 5.74) is 7.02. The minimum atomic E-state index is -4.63. The number of hydrogen-bond acceptors (Lipinski definition) is 13. The van der Waals surface area contributed by atoms with E-state index in [2.05, 4.69) is 20.5 Å². The number of methoxy groups -OCH3 is 1. The highest BCUT2D eigenvalue weighted by atomic mass is 35.5. The van der Waals surface area contributed by atoms with E-state index in [1.807, 2.05) is 0 Å². The van der Waals surface area contributed by atoms with Crippen LogP contribution >= 0.6 is 23.4 Å². The summed E-state index contributed by atoms with van der Waals surface area (Å²) in [7, 11) is -12.0. The van der Waals surface area contributed by atoms with Crippen LogP contribution in [-0.2, 0) is 30.4 Å². The van der Waals surface area contributed by atoms with Crippen molar-refractivity contribution in [1.29, 1.82) is 0 Å². The number of thioether (sulfide) groups is 1. The van der Waals surface area contributed by atoms with Crippen LogP contribution in [0.5, 0.6) is 5.75 Å². The molecule has 0 atom stereocenters. The van der Waals surface area contributed by atoms with Crippen LogP contribution in [0, 0.1) is 0 Å². The van der Waals surface area contributed by atoms with Crippen molar-refractivity contribution >= 4 is 92.9 Å². The van der Waals surface area contributed by atoms with Crippen LogP contribution in [0.3, 0.4) is 0 Å². The van der Waals surface area contributed by atoms with E-state index in [-0.39, 0.29) is 50.6 Å². The van der Waals surface area contributed by atoms with Gasteiger partial charge in [0.1, 0.15) is 22.0 Å². The Morgan fingerprint density at radius 2 is 1.48 bits per heavy atom. The minimum Gasteiger partial charge on any atom is -0.494 e. The lowest BCUT2D eigenvalue weighted by Gasteiger charge is -2.11. The summed E-state index contributed by atoms with van der Waals surface area (Å²) in [5.74, 6) is -0.0812. The molecule has 244 valence electrons. The topological polar surface area (TPSA) is 248 Å². The number of halogens is 1. The highest BCUT2D eigenvalue weighted by Gasteiger charge is 2.17. The Kier molecular flexibility index (Phi) is 10.7. The molecule has 15 nitrogen and oxygen atoms in total. The average molecular weight is 730 g/mol. The number of anilines is 1. The number of hydrogen-bond donors (Lipinski definition) is 4. The molecule has 0 fully saturated rings. The fourth-order valence-electron chi connectivity index (χ4n) is 3.95. The van der Waals surface area contributed by atoms with Gasteiger partial charge in [-0.15, -0.1) is 27.1 Å². The number of ether oxygens (including phenoxy) is 1. The first kappa shape index (κ1) is 35.2. The molecule has 4 rings (SSSR count). The summed E-state index contributed by atoms with van der Waals surface area (Å²) >= 11 is 7.03. The van der Waals surface area contributed by atoms with Gasteiger partial charge in [-0.1, -0.05) is 17.7 Å². The van der Waals surface area contributed by atoms with Crippen molar-refractivity contribution in [2.75, 3.05) is 24.3 Å². The lowest BCUT2D eigenvalue weighted by molar-refractivity contribution is 0.415. The highest BCUT2D eigenvalue weighted by Crippen LogP contribution is 2.42. The Morgan fingerprint density at radius 1 is 0.783 bits per heavy atom. The van der Waals surface area contributed by atoms with Gasteiger partial charge >= 0.3 is 0 Å². The lowest BCUT2D eigenvalue weighted by atomic mass is 10.1. The quantitative estimate of drug-likeness (QED) is 0.0387. The van der Waals surface area contributed by atoms with Gasteiger partial charge in [0, 0.05) is 27.4 Å². The number of nitrogens with zero attached hydrogens (tertiary/aromatic N) is 4. The van der Waals surface area contributed by atoms with E-state index >= 15 is 0 Å². The number of nitrogen functional groups attached to an aromatic ring is 1. The van der Waals surface area contributed by atoms with Crippen molar-refractivity contribution in [2.24, 2.45) is 20.5 Å². The fourth-order valence-corrected chi connectivity index (χ4v) is 7.09. The van der Waals surface area contributed by atoms with Gasteiger partial charge in [0.15, 0.2) is 0 Å². The Bertz CT molecular complexity index is 2210. The summed E-state index contributed by atoms with van der Waals surface area (Å²) < 4.78 is 102. The molecule has 0 bridgehead atoms. The van der Waals surface area contributed by atoms with E-state index in [1.165, 1.54) is 67.4 Å². The van der Waals surface area contributed by atoms with Crippen LogP contribution in [0.2, 0.25) is 5.02 Å². The van der Waals surface area contributed by atoms with E-state index in [9.17, 15) is 34.4 Å². The first-order valence-corrected chi connectivity index (χ1v) is 18.5. The standard InChI is InChI=1S/C26H24ClN5O10S4/c1-42-24-13-23(32-30-21-8-7-20(28)18-12-16(45(36,37)38)4-5-17(18)21)25(43-9-2-10-44(33,34)35)14-22(24)31-29-15-3-6-19(27)26(11-15)46(39,40)41/h3-8,11-14H,2,9-10,28H2,1H3,(H,33,34,35)(H,36,37,38)(H,39,40,41).